The molecule has 0 radical (unpaired) electrons. The molecule has 0 bridgehead atoms. The van der Waals surface area contributed by atoms with Gasteiger partial charge in [0.15, 0.2) is 4.90 Å². The number of amides is 1. The van der Waals surface area contributed by atoms with Crippen LogP contribution in [-0.2, 0) is 14.8 Å². The Hall–Kier alpha value is -4.59. The number of hydrogen-bond donors (Lipinski definition) is 1. The van der Waals surface area contributed by atoms with E-state index >= 15 is 0 Å². The van der Waals surface area contributed by atoms with E-state index in [0.29, 0.717) is 31.4 Å². The van der Waals surface area contributed by atoms with Crippen molar-refractivity contribution in [3.8, 4) is 17.2 Å². The van der Waals surface area contributed by atoms with Gasteiger partial charge in [0.05, 0.1) is 46.8 Å². The first kappa shape index (κ1) is 32.3. The zero-order chi connectivity index (χ0) is 32.2. The number of anilines is 1. The van der Waals surface area contributed by atoms with Gasteiger partial charge in [-0.15, -0.1) is 0 Å². The van der Waals surface area contributed by atoms with Crippen LogP contribution in [0.5, 0.6) is 11.5 Å². The largest absolute Gasteiger partial charge is 0.497 e. The number of hydrogen-bond acceptors (Lipinski definition) is 8. The maximum atomic E-state index is 13.9. The minimum Gasteiger partial charge on any atom is -0.497 e. The second kappa shape index (κ2) is 13.4. The predicted molar refractivity (Wildman–Crippen MR) is 168 cm³/mol. The third-order valence-corrected chi connectivity index (χ3v) is 9.22. The Morgan fingerprint density at radius 1 is 1.07 bits per heavy atom. The van der Waals surface area contributed by atoms with Crippen LogP contribution >= 0.6 is 23.2 Å². The van der Waals surface area contributed by atoms with Crippen LogP contribution in [-0.4, -0.2) is 50.8 Å². The zero-order valence-electron chi connectivity index (χ0n) is 23.9. The van der Waals surface area contributed by atoms with Gasteiger partial charge in [-0.05, 0) is 50.2 Å². The molecular formula is C29H27Cl2N5O7S. The molecule has 0 saturated carbocycles. The molecule has 0 fully saturated rings. The highest BCUT2D eigenvalue weighted by atomic mass is 35.5. The quantitative estimate of drug-likeness (QED) is 0.124. The van der Waals surface area contributed by atoms with Gasteiger partial charge in [0.25, 0.3) is 21.6 Å². The van der Waals surface area contributed by atoms with Crippen molar-refractivity contribution in [1.82, 2.24) is 9.99 Å². The van der Waals surface area contributed by atoms with Crippen LogP contribution in [0.2, 0.25) is 10.0 Å². The highest BCUT2D eigenvalue weighted by Crippen LogP contribution is 2.37. The topological polar surface area (TPSA) is 145 Å². The number of methoxy groups -OCH3 is 2. The summed E-state index contributed by atoms with van der Waals surface area (Å²) in [4.78, 5) is 23.4. The predicted octanol–water partition coefficient (Wildman–Crippen LogP) is 5.67. The van der Waals surface area contributed by atoms with E-state index in [1.165, 1.54) is 50.8 Å². The monoisotopic (exact) mass is 659 g/mol. The van der Waals surface area contributed by atoms with Crippen molar-refractivity contribution in [2.24, 2.45) is 5.10 Å². The fourth-order valence-corrected chi connectivity index (χ4v) is 6.50. The van der Waals surface area contributed by atoms with E-state index in [9.17, 15) is 23.3 Å². The number of nitrogens with one attached hydrogen (secondary N) is 1. The summed E-state index contributed by atoms with van der Waals surface area (Å²) in [6, 6.07) is 16.2. The molecule has 0 saturated heterocycles. The number of sulfonamides is 1. The summed E-state index contributed by atoms with van der Waals surface area (Å²) in [5.41, 5.74) is 4.54. The molecule has 230 valence electrons. The fraction of sp³-hybridized carbons (Fsp3) is 0.172. The van der Waals surface area contributed by atoms with Crippen LogP contribution in [0.25, 0.3) is 5.69 Å². The molecule has 4 aromatic rings. The van der Waals surface area contributed by atoms with Crippen LogP contribution in [0.1, 0.15) is 17.0 Å². The standard InChI is InChI=1S/C29H27Cl2N5O7S/c1-18-14-20(19(2)35(18)25-10-7-8-22(30)29(25)31)16-32-33-28(37)17-34(23-13-12-21(42-3)15-26(23)43-4)44(40,41)27-11-6-5-9-24(27)36(38)39/h5-16H,17H2,1-4H3,(H,33,37)/b32-16+. The SMILES string of the molecule is COc1ccc(N(CC(=O)N/N=C/c2cc(C)n(-c3cccc(Cl)c3Cl)c2C)S(=O)(=O)c2ccccc2[N+](=O)[O-])c(OC)c1. The molecule has 1 heterocycles. The van der Waals surface area contributed by atoms with Gasteiger partial charge in [0.1, 0.15) is 18.0 Å². The number of benzene rings is 3. The Labute approximate surface area is 263 Å². The minimum absolute atomic E-state index is 0.0486. The lowest BCUT2D eigenvalue weighted by molar-refractivity contribution is -0.387. The van der Waals surface area contributed by atoms with Crippen LogP contribution in [0, 0.1) is 24.0 Å². The summed E-state index contributed by atoms with van der Waals surface area (Å²) < 4.78 is 40.9. The molecule has 0 spiro atoms. The second-order valence-corrected chi connectivity index (χ2v) is 11.9. The Morgan fingerprint density at radius 2 is 1.80 bits per heavy atom. The van der Waals surface area contributed by atoms with Gasteiger partial charge in [-0.1, -0.05) is 41.4 Å². The van der Waals surface area contributed by atoms with Gasteiger partial charge < -0.3 is 14.0 Å². The van der Waals surface area contributed by atoms with Crippen molar-refractivity contribution in [2.45, 2.75) is 18.7 Å². The minimum atomic E-state index is -4.67. The molecule has 12 nitrogen and oxygen atoms in total. The summed E-state index contributed by atoms with van der Waals surface area (Å²) in [7, 11) is -1.94. The summed E-state index contributed by atoms with van der Waals surface area (Å²) >= 11 is 12.6. The lowest BCUT2D eigenvalue weighted by Crippen LogP contribution is -2.40. The fourth-order valence-electron chi connectivity index (χ4n) is 4.53. The van der Waals surface area contributed by atoms with Crippen LogP contribution in [0.4, 0.5) is 11.4 Å². The Balaban J connectivity index is 1.67. The Morgan fingerprint density at radius 3 is 2.48 bits per heavy atom. The number of nitrogens with zero attached hydrogens (tertiary/aromatic N) is 4. The highest BCUT2D eigenvalue weighted by molar-refractivity contribution is 7.93. The number of hydrazone groups is 1. The molecule has 0 unspecified atom stereocenters. The van der Waals surface area contributed by atoms with Crippen molar-refractivity contribution in [2.75, 3.05) is 25.1 Å². The number of nitro groups is 1. The van der Waals surface area contributed by atoms with Crippen molar-refractivity contribution < 1.29 is 27.6 Å². The average Bonchev–Trinajstić information content (AvgIpc) is 3.28. The average molecular weight is 661 g/mol. The molecule has 1 N–H and O–H groups in total. The van der Waals surface area contributed by atoms with E-state index < -0.39 is 38.0 Å². The number of carbonyl (C=O) groups excluding carboxylic acids is 1. The number of rotatable bonds is 11. The lowest BCUT2D eigenvalue weighted by atomic mass is 10.2. The summed E-state index contributed by atoms with van der Waals surface area (Å²) in [5.74, 6) is -0.415. The van der Waals surface area contributed by atoms with Crippen LogP contribution in [0.3, 0.4) is 0 Å². The van der Waals surface area contributed by atoms with Crippen molar-refractivity contribution in [3.63, 3.8) is 0 Å². The molecule has 0 aliphatic carbocycles. The molecule has 4 rings (SSSR count). The number of carbonyl (C=O) groups is 1. The molecular weight excluding hydrogens is 633 g/mol. The third kappa shape index (κ3) is 6.49. The van der Waals surface area contributed by atoms with Crippen LogP contribution < -0.4 is 19.2 Å². The number of aromatic nitrogens is 1. The number of nitro benzene ring substituents is 1. The Kier molecular flexibility index (Phi) is 9.82. The second-order valence-electron chi connectivity index (χ2n) is 9.30. The number of para-hydroxylation sites is 1. The van der Waals surface area contributed by atoms with E-state index in [0.717, 1.165) is 23.5 Å². The smallest absolute Gasteiger partial charge is 0.289 e. The molecule has 0 aliphatic heterocycles. The van der Waals surface area contributed by atoms with Gasteiger partial charge >= 0.3 is 0 Å². The molecule has 1 amide bonds. The first-order chi connectivity index (χ1) is 20.9. The van der Waals surface area contributed by atoms with Crippen molar-refractivity contribution in [1.29, 1.82) is 0 Å². The van der Waals surface area contributed by atoms with Crippen molar-refractivity contribution in [3.05, 3.63) is 104 Å². The molecule has 44 heavy (non-hydrogen) atoms. The third-order valence-electron chi connectivity index (χ3n) is 6.61. The van der Waals surface area contributed by atoms with E-state index in [2.05, 4.69) is 10.5 Å². The van der Waals surface area contributed by atoms with E-state index in [1.807, 2.05) is 30.5 Å². The summed E-state index contributed by atoms with van der Waals surface area (Å²) in [6.07, 6.45) is 1.41. The normalized spacial score (nSPS) is 11.4. The van der Waals surface area contributed by atoms with E-state index in [4.69, 9.17) is 32.7 Å². The van der Waals surface area contributed by atoms with Gasteiger partial charge in [-0.3, -0.25) is 19.2 Å². The first-order valence-electron chi connectivity index (χ1n) is 12.8. The van der Waals surface area contributed by atoms with E-state index in [1.54, 1.807) is 12.1 Å². The molecule has 0 aliphatic rings. The van der Waals surface area contributed by atoms with E-state index in [-0.39, 0.29) is 11.4 Å². The van der Waals surface area contributed by atoms with Crippen LogP contribution in [0.15, 0.2) is 76.7 Å². The van der Waals surface area contributed by atoms with Gasteiger partial charge in [-0.2, -0.15) is 5.10 Å². The number of aryl methyl sites for hydroxylation is 1. The number of ether oxygens (including phenoxy) is 2. The molecule has 1 aromatic heterocycles. The lowest BCUT2D eigenvalue weighted by Gasteiger charge is -2.25. The first-order valence-corrected chi connectivity index (χ1v) is 15.0. The van der Waals surface area contributed by atoms with Gasteiger partial charge in [-0.25, -0.2) is 13.8 Å². The zero-order valence-corrected chi connectivity index (χ0v) is 26.3. The van der Waals surface area contributed by atoms with Gasteiger partial charge in [0, 0.05) is 29.1 Å². The van der Waals surface area contributed by atoms with Crippen molar-refractivity contribution >= 4 is 56.7 Å². The summed E-state index contributed by atoms with van der Waals surface area (Å²) in [6.45, 7) is 2.92. The summed E-state index contributed by atoms with van der Waals surface area (Å²) in [5, 5.41) is 16.5. The Bertz CT molecular complexity index is 1880. The highest BCUT2D eigenvalue weighted by Gasteiger charge is 2.34. The van der Waals surface area contributed by atoms with Gasteiger partial charge in [0.2, 0.25) is 0 Å². The molecule has 0 atom stereocenters. The molecule has 15 heteroatoms. The maximum Gasteiger partial charge on any atom is 0.289 e. The number of halogens is 2. The maximum absolute atomic E-state index is 13.9. The molecule has 3 aromatic carbocycles.